The highest BCUT2D eigenvalue weighted by Crippen LogP contribution is 2.23. The molecule has 6 nitrogen and oxygen atoms in total. The first-order valence-electron chi connectivity index (χ1n) is 6.57. The van der Waals surface area contributed by atoms with E-state index >= 15 is 0 Å². The molecule has 7 heteroatoms. The molecular formula is C15H19NO5S. The molecule has 1 aromatic rings. The zero-order chi connectivity index (χ0) is 16.9. The summed E-state index contributed by atoms with van der Waals surface area (Å²) in [6, 6.07) is 4.47. The van der Waals surface area contributed by atoms with Crippen molar-refractivity contribution in [3.8, 4) is 18.1 Å². The molecule has 22 heavy (non-hydrogen) atoms. The predicted molar refractivity (Wildman–Crippen MR) is 82.0 cm³/mol. The average Bonchev–Trinajstić information content (AvgIpc) is 2.46. The van der Waals surface area contributed by atoms with E-state index in [4.69, 9.17) is 11.2 Å². The van der Waals surface area contributed by atoms with Gasteiger partial charge in [-0.15, -0.1) is 6.42 Å². The Kier molecular flexibility index (Phi) is 5.97. The number of carboxylic acids is 1. The Morgan fingerprint density at radius 3 is 2.27 bits per heavy atom. The van der Waals surface area contributed by atoms with Gasteiger partial charge in [-0.25, -0.2) is 8.42 Å². The van der Waals surface area contributed by atoms with Crippen LogP contribution < -0.4 is 4.74 Å². The highest BCUT2D eigenvalue weighted by Gasteiger charge is 2.37. The van der Waals surface area contributed by atoms with Crippen molar-refractivity contribution in [2.75, 3.05) is 13.7 Å². The number of hydrogen-bond acceptors (Lipinski definition) is 4. The molecule has 0 aliphatic carbocycles. The van der Waals surface area contributed by atoms with Crippen LogP contribution in [0.2, 0.25) is 0 Å². The Hall–Kier alpha value is -2.04. The van der Waals surface area contributed by atoms with Crippen molar-refractivity contribution < 1.29 is 23.1 Å². The molecule has 1 atom stereocenters. The largest absolute Gasteiger partial charge is 0.497 e. The van der Waals surface area contributed by atoms with E-state index in [9.17, 15) is 18.3 Å². The van der Waals surface area contributed by atoms with Crippen LogP contribution in [0.3, 0.4) is 0 Å². The quantitative estimate of drug-likeness (QED) is 0.767. The number of nitrogens with zero attached hydrogens (tertiary/aromatic N) is 1. The second-order valence-electron chi connectivity index (χ2n) is 4.96. The van der Waals surface area contributed by atoms with Crippen LogP contribution in [0.5, 0.6) is 5.75 Å². The third-order valence-electron chi connectivity index (χ3n) is 3.11. The number of carbonyl (C=O) groups is 1. The number of methoxy groups -OCH3 is 1. The summed E-state index contributed by atoms with van der Waals surface area (Å²) in [6.45, 7) is 2.95. The molecule has 1 rings (SSSR count). The van der Waals surface area contributed by atoms with Crippen molar-refractivity contribution in [3.63, 3.8) is 0 Å². The number of rotatable bonds is 7. The maximum absolute atomic E-state index is 12.7. The fraction of sp³-hybridized carbons (Fsp3) is 0.400. The fourth-order valence-electron chi connectivity index (χ4n) is 2.05. The minimum absolute atomic E-state index is 0.0320. The Morgan fingerprint density at radius 1 is 1.36 bits per heavy atom. The standard InChI is InChI=1S/C15H19NO5S/c1-5-10-16(14(11(2)3)15(17)18)22(19,20)13-8-6-12(21-4)7-9-13/h1,6-9,11,14H,10H2,2-4H3,(H,17,18). The molecule has 0 aliphatic heterocycles. The zero-order valence-electron chi connectivity index (χ0n) is 12.7. The number of hydrogen-bond donors (Lipinski definition) is 1. The van der Waals surface area contributed by atoms with E-state index in [1.54, 1.807) is 13.8 Å². The summed E-state index contributed by atoms with van der Waals surface area (Å²) in [7, 11) is -2.56. The van der Waals surface area contributed by atoms with Crippen LogP contribution in [0.4, 0.5) is 0 Å². The van der Waals surface area contributed by atoms with E-state index < -0.39 is 28.0 Å². The average molecular weight is 325 g/mol. The van der Waals surface area contributed by atoms with Crippen LogP contribution in [-0.2, 0) is 14.8 Å². The topological polar surface area (TPSA) is 83.9 Å². The van der Waals surface area contributed by atoms with Gasteiger partial charge in [0.05, 0.1) is 18.6 Å². The molecule has 0 fully saturated rings. The Balaban J connectivity index is 3.33. The van der Waals surface area contributed by atoms with Crippen LogP contribution in [-0.4, -0.2) is 43.5 Å². The minimum atomic E-state index is -4.02. The minimum Gasteiger partial charge on any atom is -0.497 e. The van der Waals surface area contributed by atoms with Crippen LogP contribution >= 0.6 is 0 Å². The molecule has 0 saturated carbocycles. The molecule has 0 spiro atoms. The third kappa shape index (κ3) is 3.78. The van der Waals surface area contributed by atoms with Crippen LogP contribution in [0.25, 0.3) is 0 Å². The Labute approximate surface area is 130 Å². The van der Waals surface area contributed by atoms with Crippen molar-refractivity contribution >= 4 is 16.0 Å². The van der Waals surface area contributed by atoms with E-state index in [2.05, 4.69) is 5.92 Å². The first-order valence-corrected chi connectivity index (χ1v) is 8.01. The lowest BCUT2D eigenvalue weighted by Gasteiger charge is -2.29. The smallest absolute Gasteiger partial charge is 0.322 e. The molecule has 120 valence electrons. The van der Waals surface area contributed by atoms with Crippen LogP contribution in [0, 0.1) is 18.3 Å². The van der Waals surface area contributed by atoms with Gasteiger partial charge in [-0.1, -0.05) is 19.8 Å². The fourth-order valence-corrected chi connectivity index (χ4v) is 3.67. The van der Waals surface area contributed by atoms with Crippen LogP contribution in [0.15, 0.2) is 29.2 Å². The zero-order valence-corrected chi connectivity index (χ0v) is 13.5. The van der Waals surface area contributed by atoms with Gasteiger partial charge < -0.3 is 9.84 Å². The van der Waals surface area contributed by atoms with Gasteiger partial charge in [-0.3, -0.25) is 4.79 Å². The van der Waals surface area contributed by atoms with E-state index in [1.807, 2.05) is 0 Å². The second-order valence-corrected chi connectivity index (χ2v) is 6.85. The van der Waals surface area contributed by atoms with Gasteiger partial charge in [0, 0.05) is 0 Å². The van der Waals surface area contributed by atoms with Crippen molar-refractivity contribution in [3.05, 3.63) is 24.3 Å². The molecule has 0 aliphatic rings. The van der Waals surface area contributed by atoms with E-state index in [0.29, 0.717) is 5.75 Å². The van der Waals surface area contributed by atoms with Gasteiger partial charge >= 0.3 is 5.97 Å². The molecule has 0 amide bonds. The third-order valence-corrected chi connectivity index (χ3v) is 4.95. The van der Waals surface area contributed by atoms with E-state index in [1.165, 1.54) is 31.4 Å². The summed E-state index contributed by atoms with van der Waals surface area (Å²) in [6.07, 6.45) is 5.22. The molecule has 0 radical (unpaired) electrons. The van der Waals surface area contributed by atoms with E-state index in [0.717, 1.165) is 4.31 Å². The molecule has 0 saturated heterocycles. The van der Waals surface area contributed by atoms with Gasteiger partial charge in [0.2, 0.25) is 10.0 Å². The summed E-state index contributed by atoms with van der Waals surface area (Å²) >= 11 is 0. The molecule has 1 aromatic carbocycles. The molecule has 1 N–H and O–H groups in total. The van der Waals surface area contributed by atoms with Crippen LogP contribution in [0.1, 0.15) is 13.8 Å². The Bertz CT molecular complexity index is 658. The first-order chi connectivity index (χ1) is 10.3. The second kappa shape index (κ2) is 7.29. The number of sulfonamides is 1. The molecular weight excluding hydrogens is 306 g/mol. The lowest BCUT2D eigenvalue weighted by Crippen LogP contribution is -2.48. The lowest BCUT2D eigenvalue weighted by atomic mass is 10.1. The maximum Gasteiger partial charge on any atom is 0.322 e. The van der Waals surface area contributed by atoms with Crippen molar-refractivity contribution in [2.45, 2.75) is 24.8 Å². The molecule has 0 heterocycles. The van der Waals surface area contributed by atoms with Crippen molar-refractivity contribution in [1.29, 1.82) is 0 Å². The van der Waals surface area contributed by atoms with Gasteiger partial charge in [0.25, 0.3) is 0 Å². The van der Waals surface area contributed by atoms with Crippen molar-refractivity contribution in [2.24, 2.45) is 5.92 Å². The summed E-state index contributed by atoms with van der Waals surface area (Å²) in [5, 5.41) is 9.34. The highest BCUT2D eigenvalue weighted by molar-refractivity contribution is 7.89. The van der Waals surface area contributed by atoms with Gasteiger partial charge in [0.1, 0.15) is 11.8 Å². The van der Waals surface area contributed by atoms with Gasteiger partial charge in [0.15, 0.2) is 0 Å². The summed E-state index contributed by atoms with van der Waals surface area (Å²) in [5.41, 5.74) is 0. The predicted octanol–water partition coefficient (Wildman–Crippen LogP) is 1.43. The summed E-state index contributed by atoms with van der Waals surface area (Å²) < 4.78 is 31.2. The molecule has 1 unspecified atom stereocenters. The normalized spacial score (nSPS) is 12.9. The van der Waals surface area contributed by atoms with Gasteiger partial charge in [-0.05, 0) is 30.2 Å². The van der Waals surface area contributed by atoms with Gasteiger partial charge in [-0.2, -0.15) is 4.31 Å². The number of ether oxygens (including phenoxy) is 1. The van der Waals surface area contributed by atoms with E-state index in [-0.39, 0.29) is 11.4 Å². The number of benzene rings is 1. The SMILES string of the molecule is C#CCN(C(C(=O)O)C(C)C)S(=O)(=O)c1ccc(OC)cc1. The monoisotopic (exact) mass is 325 g/mol. The highest BCUT2D eigenvalue weighted by atomic mass is 32.2. The lowest BCUT2D eigenvalue weighted by molar-refractivity contribution is -0.142. The maximum atomic E-state index is 12.7. The number of aliphatic carboxylic acids is 1. The number of terminal acetylenes is 1. The Morgan fingerprint density at radius 2 is 1.91 bits per heavy atom. The summed E-state index contributed by atoms with van der Waals surface area (Å²) in [4.78, 5) is 11.4. The molecule has 0 bridgehead atoms. The number of carboxylic acid groups (broad SMARTS) is 1. The first kappa shape index (κ1) is 18.0. The summed E-state index contributed by atoms with van der Waals surface area (Å²) in [5.74, 6) is 1.05. The molecule has 0 aromatic heterocycles. The van der Waals surface area contributed by atoms with Crippen molar-refractivity contribution in [1.82, 2.24) is 4.31 Å².